The van der Waals surface area contributed by atoms with Gasteiger partial charge in [-0.05, 0) is 42.0 Å². The molecule has 0 spiro atoms. The minimum absolute atomic E-state index is 0.156. The summed E-state index contributed by atoms with van der Waals surface area (Å²) in [5.41, 5.74) is 2.23. The van der Waals surface area contributed by atoms with Crippen LogP contribution in [0.4, 0.5) is 4.79 Å². The zero-order valence-corrected chi connectivity index (χ0v) is 16.2. The van der Waals surface area contributed by atoms with Crippen LogP contribution in [0.3, 0.4) is 0 Å². The normalized spacial score (nSPS) is 13.1. The van der Waals surface area contributed by atoms with Crippen molar-refractivity contribution in [1.29, 1.82) is 0 Å². The van der Waals surface area contributed by atoms with Gasteiger partial charge in [0.1, 0.15) is 0 Å². The Bertz CT molecular complexity index is 838. The maximum Gasteiger partial charge on any atom is 0.315 e. The average Bonchev–Trinajstić information content (AvgIpc) is 3.50. The highest BCUT2D eigenvalue weighted by atomic mass is 35.5. The Kier molecular flexibility index (Phi) is 6.58. The minimum Gasteiger partial charge on any atom is -0.348 e. The van der Waals surface area contributed by atoms with Crippen molar-refractivity contribution in [2.75, 3.05) is 6.54 Å². The Hall–Kier alpha value is -2.24. The van der Waals surface area contributed by atoms with Crippen molar-refractivity contribution in [1.82, 2.24) is 16.0 Å². The topological polar surface area (TPSA) is 70.2 Å². The van der Waals surface area contributed by atoms with Gasteiger partial charge in [-0.15, -0.1) is 0 Å². The number of halogens is 2. The standard InChI is InChI=1S/C20H21Cl2N3O2/c21-17-6-2-5-16(18(17)22)19(26)23-11-14-3-1-4-15(9-14)12-25-20(27)24-10-13-7-8-13/h1-6,9,13H,7-8,10-12H2,(H,23,26)(H2,24,25,27). The number of amides is 3. The van der Waals surface area contributed by atoms with E-state index in [1.807, 2.05) is 24.3 Å². The molecule has 0 bridgehead atoms. The van der Waals surface area contributed by atoms with Gasteiger partial charge < -0.3 is 16.0 Å². The predicted molar refractivity (Wildman–Crippen MR) is 107 cm³/mol. The molecule has 3 amide bonds. The molecular formula is C20H21Cl2N3O2. The number of benzene rings is 2. The molecule has 0 saturated heterocycles. The lowest BCUT2D eigenvalue weighted by Gasteiger charge is -2.10. The van der Waals surface area contributed by atoms with Crippen molar-refractivity contribution < 1.29 is 9.59 Å². The monoisotopic (exact) mass is 405 g/mol. The molecule has 7 heteroatoms. The quantitative estimate of drug-likeness (QED) is 0.647. The van der Waals surface area contributed by atoms with Crippen LogP contribution in [0.1, 0.15) is 34.3 Å². The highest BCUT2D eigenvalue weighted by molar-refractivity contribution is 6.43. The molecule has 0 heterocycles. The van der Waals surface area contributed by atoms with Gasteiger partial charge in [0.25, 0.3) is 5.91 Å². The van der Waals surface area contributed by atoms with Gasteiger partial charge in [0, 0.05) is 19.6 Å². The number of nitrogens with one attached hydrogen (secondary N) is 3. The lowest BCUT2D eigenvalue weighted by Crippen LogP contribution is -2.36. The van der Waals surface area contributed by atoms with Crippen LogP contribution < -0.4 is 16.0 Å². The molecule has 0 radical (unpaired) electrons. The zero-order valence-electron chi connectivity index (χ0n) is 14.7. The van der Waals surface area contributed by atoms with Crippen LogP contribution in [-0.4, -0.2) is 18.5 Å². The van der Waals surface area contributed by atoms with E-state index >= 15 is 0 Å². The molecule has 3 N–H and O–H groups in total. The molecule has 3 rings (SSSR count). The third-order valence-corrected chi connectivity index (χ3v) is 5.16. The molecular weight excluding hydrogens is 385 g/mol. The second kappa shape index (κ2) is 9.11. The lowest BCUT2D eigenvalue weighted by atomic mass is 10.1. The largest absolute Gasteiger partial charge is 0.348 e. The van der Waals surface area contributed by atoms with Gasteiger partial charge in [0.15, 0.2) is 0 Å². The first-order chi connectivity index (χ1) is 13.0. The van der Waals surface area contributed by atoms with Crippen LogP contribution in [0.2, 0.25) is 10.0 Å². The van der Waals surface area contributed by atoms with E-state index in [-0.39, 0.29) is 17.0 Å². The predicted octanol–water partition coefficient (Wildman–Crippen LogP) is 4.13. The summed E-state index contributed by atoms with van der Waals surface area (Å²) < 4.78 is 0. The fourth-order valence-corrected chi connectivity index (χ4v) is 3.00. The van der Waals surface area contributed by atoms with Gasteiger partial charge in [-0.3, -0.25) is 4.79 Å². The molecule has 142 valence electrons. The number of hydrogen-bond acceptors (Lipinski definition) is 2. The maximum atomic E-state index is 12.3. The first-order valence-electron chi connectivity index (χ1n) is 8.84. The van der Waals surface area contributed by atoms with Crippen molar-refractivity contribution in [2.24, 2.45) is 5.92 Å². The summed E-state index contributed by atoms with van der Waals surface area (Å²) in [5, 5.41) is 9.13. The Labute approximate surface area is 168 Å². The molecule has 2 aromatic rings. The molecule has 1 saturated carbocycles. The Morgan fingerprint density at radius 2 is 1.59 bits per heavy atom. The van der Waals surface area contributed by atoms with E-state index < -0.39 is 0 Å². The SMILES string of the molecule is O=C(NCc1cccc(CNC(=O)c2cccc(Cl)c2Cl)c1)NCC1CC1. The molecule has 0 atom stereocenters. The summed E-state index contributed by atoms with van der Waals surface area (Å²) >= 11 is 12.0. The smallest absolute Gasteiger partial charge is 0.315 e. The third-order valence-electron chi connectivity index (χ3n) is 4.34. The lowest BCUT2D eigenvalue weighted by molar-refractivity contribution is 0.0951. The Morgan fingerprint density at radius 3 is 2.30 bits per heavy atom. The van der Waals surface area contributed by atoms with Gasteiger partial charge in [0.2, 0.25) is 0 Å². The van der Waals surface area contributed by atoms with Crippen molar-refractivity contribution in [2.45, 2.75) is 25.9 Å². The third kappa shape index (κ3) is 5.88. The number of hydrogen-bond donors (Lipinski definition) is 3. The van der Waals surface area contributed by atoms with Crippen molar-refractivity contribution in [3.63, 3.8) is 0 Å². The highest BCUT2D eigenvalue weighted by Crippen LogP contribution is 2.27. The van der Waals surface area contributed by atoms with Gasteiger partial charge in [-0.25, -0.2) is 4.79 Å². The van der Waals surface area contributed by atoms with E-state index in [2.05, 4.69) is 16.0 Å². The first kappa shape index (κ1) is 19.5. The van der Waals surface area contributed by atoms with Crippen LogP contribution in [0.15, 0.2) is 42.5 Å². The van der Waals surface area contributed by atoms with Crippen molar-refractivity contribution in [3.05, 3.63) is 69.2 Å². The molecule has 0 unspecified atom stereocenters. The molecule has 1 fully saturated rings. The maximum absolute atomic E-state index is 12.3. The summed E-state index contributed by atoms with van der Waals surface area (Å²) in [4.78, 5) is 24.1. The Balaban J connectivity index is 1.50. The number of carbonyl (C=O) groups is 2. The molecule has 0 aliphatic heterocycles. The van der Waals surface area contributed by atoms with Crippen LogP contribution in [0, 0.1) is 5.92 Å². The van der Waals surface area contributed by atoms with Crippen LogP contribution in [-0.2, 0) is 13.1 Å². The summed E-state index contributed by atoms with van der Waals surface area (Å²) in [6, 6.07) is 12.5. The second-order valence-corrected chi connectivity index (χ2v) is 7.40. The van der Waals surface area contributed by atoms with Crippen LogP contribution >= 0.6 is 23.2 Å². The fourth-order valence-electron chi connectivity index (χ4n) is 2.61. The number of urea groups is 1. The average molecular weight is 406 g/mol. The molecule has 0 aromatic heterocycles. The number of carbonyl (C=O) groups excluding carboxylic acids is 2. The van der Waals surface area contributed by atoms with Crippen LogP contribution in [0.5, 0.6) is 0 Å². The molecule has 1 aliphatic carbocycles. The van der Waals surface area contributed by atoms with Gasteiger partial charge >= 0.3 is 6.03 Å². The minimum atomic E-state index is -0.287. The van der Waals surface area contributed by atoms with Crippen molar-refractivity contribution in [3.8, 4) is 0 Å². The highest BCUT2D eigenvalue weighted by Gasteiger charge is 2.21. The second-order valence-electron chi connectivity index (χ2n) is 6.61. The molecule has 1 aliphatic rings. The molecule has 27 heavy (non-hydrogen) atoms. The van der Waals surface area contributed by atoms with Gasteiger partial charge in [-0.1, -0.05) is 53.5 Å². The fraction of sp³-hybridized carbons (Fsp3) is 0.300. The van der Waals surface area contributed by atoms with Gasteiger partial charge in [0.05, 0.1) is 15.6 Å². The summed E-state index contributed by atoms with van der Waals surface area (Å²) in [6.07, 6.45) is 2.41. The summed E-state index contributed by atoms with van der Waals surface area (Å²) in [6.45, 7) is 1.52. The number of rotatable bonds is 7. The molecule has 2 aromatic carbocycles. The first-order valence-corrected chi connectivity index (χ1v) is 9.60. The van der Waals surface area contributed by atoms with E-state index in [0.717, 1.165) is 17.7 Å². The van der Waals surface area contributed by atoms with E-state index in [9.17, 15) is 9.59 Å². The van der Waals surface area contributed by atoms with E-state index in [1.54, 1.807) is 18.2 Å². The summed E-state index contributed by atoms with van der Waals surface area (Å²) in [7, 11) is 0. The Morgan fingerprint density at radius 1 is 0.926 bits per heavy atom. The van der Waals surface area contributed by atoms with Crippen LogP contribution in [0.25, 0.3) is 0 Å². The van der Waals surface area contributed by atoms with Crippen molar-refractivity contribution >= 4 is 35.1 Å². The van der Waals surface area contributed by atoms with E-state index in [1.165, 1.54) is 12.8 Å². The molecule has 5 nitrogen and oxygen atoms in total. The van der Waals surface area contributed by atoms with Gasteiger partial charge in [-0.2, -0.15) is 0 Å². The van der Waals surface area contributed by atoms with E-state index in [0.29, 0.717) is 29.6 Å². The summed E-state index contributed by atoms with van der Waals surface area (Å²) in [5.74, 6) is 0.362. The van der Waals surface area contributed by atoms with E-state index in [4.69, 9.17) is 23.2 Å². The zero-order chi connectivity index (χ0) is 19.2.